The second kappa shape index (κ2) is 4.98. The van der Waals surface area contributed by atoms with E-state index in [1.165, 1.54) is 0 Å². The lowest BCUT2D eigenvalue weighted by atomic mass is 10.0. The van der Waals surface area contributed by atoms with E-state index in [0.29, 0.717) is 5.69 Å². The number of para-hydroxylation sites is 1. The van der Waals surface area contributed by atoms with Crippen LogP contribution in [0.5, 0.6) is 5.75 Å². The molecule has 0 bridgehead atoms. The van der Waals surface area contributed by atoms with Gasteiger partial charge < -0.3 is 9.84 Å². The van der Waals surface area contributed by atoms with Crippen molar-refractivity contribution < 1.29 is 9.84 Å². The van der Waals surface area contributed by atoms with Crippen molar-refractivity contribution in [1.82, 2.24) is 9.78 Å². The lowest BCUT2D eigenvalue weighted by molar-refractivity contribution is 0.215. The van der Waals surface area contributed by atoms with E-state index in [9.17, 15) is 5.11 Å². The van der Waals surface area contributed by atoms with Gasteiger partial charge in [-0.1, -0.05) is 30.3 Å². The number of methoxy groups -OCH3 is 1. The first-order valence-electron chi connectivity index (χ1n) is 6.44. The van der Waals surface area contributed by atoms with Gasteiger partial charge in [-0.05, 0) is 23.8 Å². The third-order valence-corrected chi connectivity index (χ3v) is 3.48. The average Bonchev–Trinajstić information content (AvgIpc) is 2.84. The van der Waals surface area contributed by atoms with Gasteiger partial charge in [-0.25, -0.2) is 0 Å². The summed E-state index contributed by atoms with van der Waals surface area (Å²) in [6.07, 6.45) is -0.744. The van der Waals surface area contributed by atoms with E-state index >= 15 is 0 Å². The summed E-state index contributed by atoms with van der Waals surface area (Å²) in [5, 5.41) is 16.0. The quantitative estimate of drug-likeness (QED) is 0.794. The van der Waals surface area contributed by atoms with Crippen molar-refractivity contribution in [2.45, 2.75) is 6.10 Å². The van der Waals surface area contributed by atoms with Crippen LogP contribution in [0.15, 0.2) is 48.5 Å². The Balaban J connectivity index is 2.05. The largest absolute Gasteiger partial charge is 0.497 e. The van der Waals surface area contributed by atoms with Gasteiger partial charge in [-0.2, -0.15) is 5.10 Å². The number of hydrogen-bond donors (Lipinski definition) is 1. The van der Waals surface area contributed by atoms with Crippen LogP contribution in [0.25, 0.3) is 10.9 Å². The minimum Gasteiger partial charge on any atom is -0.497 e. The molecule has 1 atom stereocenters. The number of nitrogens with zero attached hydrogens (tertiary/aromatic N) is 2. The molecule has 0 fully saturated rings. The molecule has 0 radical (unpaired) electrons. The van der Waals surface area contributed by atoms with Crippen LogP contribution >= 0.6 is 0 Å². The Labute approximate surface area is 117 Å². The Morgan fingerprint density at radius 1 is 1.10 bits per heavy atom. The molecule has 1 N–H and O–H groups in total. The first kappa shape index (κ1) is 12.7. The van der Waals surface area contributed by atoms with Gasteiger partial charge in [0, 0.05) is 12.4 Å². The highest BCUT2D eigenvalue weighted by atomic mass is 16.5. The van der Waals surface area contributed by atoms with Gasteiger partial charge in [-0.3, -0.25) is 4.68 Å². The maximum atomic E-state index is 10.6. The van der Waals surface area contributed by atoms with Crippen LogP contribution in [0.2, 0.25) is 0 Å². The van der Waals surface area contributed by atoms with Crippen molar-refractivity contribution in [2.24, 2.45) is 7.05 Å². The van der Waals surface area contributed by atoms with Crippen LogP contribution in [-0.4, -0.2) is 22.0 Å². The van der Waals surface area contributed by atoms with Crippen molar-refractivity contribution in [3.8, 4) is 5.75 Å². The molecule has 0 aliphatic carbocycles. The second-order valence-corrected chi connectivity index (χ2v) is 4.70. The number of aliphatic hydroxyl groups excluding tert-OH is 1. The summed E-state index contributed by atoms with van der Waals surface area (Å²) in [6.45, 7) is 0. The van der Waals surface area contributed by atoms with E-state index in [1.54, 1.807) is 11.8 Å². The maximum absolute atomic E-state index is 10.6. The molecule has 4 nitrogen and oxygen atoms in total. The number of aromatic nitrogens is 2. The molecule has 0 saturated heterocycles. The van der Waals surface area contributed by atoms with Crippen molar-refractivity contribution in [3.05, 3.63) is 59.8 Å². The summed E-state index contributed by atoms with van der Waals surface area (Å²) >= 11 is 0. The zero-order valence-corrected chi connectivity index (χ0v) is 11.4. The lowest BCUT2D eigenvalue weighted by Crippen LogP contribution is -2.02. The molecule has 0 aliphatic rings. The lowest BCUT2D eigenvalue weighted by Gasteiger charge is -2.09. The predicted molar refractivity (Wildman–Crippen MR) is 77.8 cm³/mol. The average molecular weight is 268 g/mol. The van der Waals surface area contributed by atoms with Crippen LogP contribution in [-0.2, 0) is 7.05 Å². The summed E-state index contributed by atoms with van der Waals surface area (Å²) in [7, 11) is 3.50. The standard InChI is InChI=1S/C16H16N2O2/c1-18-14-6-4-3-5-13(14)15(17-18)16(19)11-7-9-12(20-2)10-8-11/h3-10,16,19H,1-2H3. The maximum Gasteiger partial charge on any atom is 0.123 e. The number of rotatable bonds is 3. The van der Waals surface area contributed by atoms with Crippen LogP contribution < -0.4 is 4.74 Å². The van der Waals surface area contributed by atoms with E-state index in [1.807, 2.05) is 55.6 Å². The fraction of sp³-hybridized carbons (Fsp3) is 0.188. The van der Waals surface area contributed by atoms with Gasteiger partial charge in [0.1, 0.15) is 17.5 Å². The highest BCUT2D eigenvalue weighted by Crippen LogP contribution is 2.28. The van der Waals surface area contributed by atoms with E-state index in [0.717, 1.165) is 22.2 Å². The highest BCUT2D eigenvalue weighted by Gasteiger charge is 2.18. The van der Waals surface area contributed by atoms with Gasteiger partial charge in [0.25, 0.3) is 0 Å². The number of ether oxygens (including phenoxy) is 1. The van der Waals surface area contributed by atoms with E-state index in [2.05, 4.69) is 5.10 Å². The predicted octanol–water partition coefficient (Wildman–Crippen LogP) is 2.66. The Bertz CT molecular complexity index is 732. The second-order valence-electron chi connectivity index (χ2n) is 4.70. The molecule has 2 aromatic carbocycles. The van der Waals surface area contributed by atoms with E-state index in [4.69, 9.17) is 4.74 Å². The smallest absolute Gasteiger partial charge is 0.123 e. The monoisotopic (exact) mass is 268 g/mol. The Morgan fingerprint density at radius 2 is 1.80 bits per heavy atom. The Hall–Kier alpha value is -2.33. The van der Waals surface area contributed by atoms with E-state index < -0.39 is 6.10 Å². The fourth-order valence-corrected chi connectivity index (χ4v) is 2.39. The van der Waals surface area contributed by atoms with Gasteiger partial charge in [0.2, 0.25) is 0 Å². The summed E-state index contributed by atoms with van der Waals surface area (Å²) < 4.78 is 6.92. The van der Waals surface area contributed by atoms with Gasteiger partial charge in [0.05, 0.1) is 12.6 Å². The minimum atomic E-state index is -0.744. The molecule has 0 spiro atoms. The number of aliphatic hydroxyl groups is 1. The van der Waals surface area contributed by atoms with Gasteiger partial charge in [0.15, 0.2) is 0 Å². The molecule has 3 aromatic rings. The molecule has 1 heterocycles. The molecule has 0 amide bonds. The molecule has 1 aromatic heterocycles. The first-order chi connectivity index (χ1) is 9.70. The normalized spacial score (nSPS) is 12.6. The Kier molecular flexibility index (Phi) is 3.16. The van der Waals surface area contributed by atoms with Gasteiger partial charge in [-0.15, -0.1) is 0 Å². The molecule has 3 rings (SSSR count). The highest BCUT2D eigenvalue weighted by molar-refractivity contribution is 5.82. The van der Waals surface area contributed by atoms with Crippen LogP contribution in [0, 0.1) is 0 Å². The molecular formula is C16H16N2O2. The molecule has 0 saturated carbocycles. The summed E-state index contributed by atoms with van der Waals surface area (Å²) in [6, 6.07) is 15.3. The van der Waals surface area contributed by atoms with Crippen LogP contribution in [0.3, 0.4) is 0 Å². The van der Waals surface area contributed by atoms with Crippen LogP contribution in [0.4, 0.5) is 0 Å². The number of benzene rings is 2. The van der Waals surface area contributed by atoms with Crippen molar-refractivity contribution in [2.75, 3.05) is 7.11 Å². The Morgan fingerprint density at radius 3 is 2.50 bits per heavy atom. The fourth-order valence-electron chi connectivity index (χ4n) is 2.39. The molecule has 0 aliphatic heterocycles. The molecule has 102 valence electrons. The number of aryl methyl sites for hydroxylation is 1. The molecule has 20 heavy (non-hydrogen) atoms. The van der Waals surface area contributed by atoms with Crippen molar-refractivity contribution >= 4 is 10.9 Å². The first-order valence-corrected chi connectivity index (χ1v) is 6.44. The van der Waals surface area contributed by atoms with Crippen LogP contribution in [0.1, 0.15) is 17.4 Å². The molecule has 4 heteroatoms. The zero-order valence-electron chi connectivity index (χ0n) is 11.4. The summed E-state index contributed by atoms with van der Waals surface area (Å²) in [5.74, 6) is 0.770. The van der Waals surface area contributed by atoms with Crippen molar-refractivity contribution in [1.29, 1.82) is 0 Å². The third-order valence-electron chi connectivity index (χ3n) is 3.48. The number of hydrogen-bond acceptors (Lipinski definition) is 3. The zero-order chi connectivity index (χ0) is 14.1. The number of fused-ring (bicyclic) bond motifs is 1. The summed E-state index contributed by atoms with van der Waals surface area (Å²) in [4.78, 5) is 0. The topological polar surface area (TPSA) is 47.3 Å². The van der Waals surface area contributed by atoms with Gasteiger partial charge >= 0.3 is 0 Å². The minimum absolute atomic E-state index is 0.674. The van der Waals surface area contributed by atoms with Crippen molar-refractivity contribution in [3.63, 3.8) is 0 Å². The molecule has 1 unspecified atom stereocenters. The summed E-state index contributed by atoms with van der Waals surface area (Å²) in [5.41, 5.74) is 2.48. The SMILES string of the molecule is COc1ccc(C(O)c2nn(C)c3ccccc23)cc1. The molecular weight excluding hydrogens is 252 g/mol. The van der Waals surface area contributed by atoms with E-state index in [-0.39, 0.29) is 0 Å². The third kappa shape index (κ3) is 2.04.